The zero-order valence-corrected chi connectivity index (χ0v) is 13.5. The highest BCUT2D eigenvalue weighted by Gasteiger charge is 2.09. The summed E-state index contributed by atoms with van der Waals surface area (Å²) in [5.74, 6) is 1.04. The number of ether oxygens (including phenoxy) is 2. The maximum atomic E-state index is 11.9. The van der Waals surface area contributed by atoms with Gasteiger partial charge in [-0.2, -0.15) is 0 Å². The molecule has 0 atom stereocenters. The Balaban J connectivity index is 1.98. The Morgan fingerprint density at radius 3 is 2.59 bits per heavy atom. The highest BCUT2D eigenvalue weighted by Crippen LogP contribution is 2.27. The lowest BCUT2D eigenvalue weighted by Crippen LogP contribution is -2.30. The average molecular weight is 322 g/mol. The Bertz CT molecular complexity index is 721. The van der Waals surface area contributed by atoms with Crippen molar-refractivity contribution >= 4 is 17.2 Å². The van der Waals surface area contributed by atoms with Crippen molar-refractivity contribution in [1.82, 2.24) is 9.88 Å². The van der Waals surface area contributed by atoms with Crippen molar-refractivity contribution in [1.29, 1.82) is 0 Å². The zero-order chi connectivity index (χ0) is 16.1. The van der Waals surface area contributed by atoms with Crippen LogP contribution >= 0.6 is 11.3 Å². The third-order valence-electron chi connectivity index (χ3n) is 3.22. The Morgan fingerprint density at radius 1 is 1.27 bits per heavy atom. The van der Waals surface area contributed by atoms with Crippen LogP contribution in [0.25, 0.3) is 0 Å². The van der Waals surface area contributed by atoms with E-state index in [9.17, 15) is 9.59 Å². The van der Waals surface area contributed by atoms with Gasteiger partial charge in [0, 0.05) is 17.6 Å². The van der Waals surface area contributed by atoms with Gasteiger partial charge in [-0.25, -0.2) is 0 Å². The van der Waals surface area contributed by atoms with Crippen LogP contribution in [-0.4, -0.2) is 24.7 Å². The molecule has 0 radical (unpaired) electrons. The van der Waals surface area contributed by atoms with E-state index in [1.165, 1.54) is 4.57 Å². The number of nitrogens with zero attached hydrogens (tertiary/aromatic N) is 1. The first-order valence-corrected chi connectivity index (χ1v) is 7.55. The molecule has 7 heteroatoms. The molecule has 0 fully saturated rings. The number of rotatable bonds is 6. The molecule has 2 rings (SSSR count). The fourth-order valence-electron chi connectivity index (χ4n) is 1.99. The first-order valence-electron chi connectivity index (χ1n) is 6.67. The van der Waals surface area contributed by atoms with Gasteiger partial charge in [0.15, 0.2) is 11.5 Å². The molecule has 0 aliphatic carbocycles. The van der Waals surface area contributed by atoms with E-state index in [0.717, 1.165) is 22.6 Å². The van der Waals surface area contributed by atoms with Crippen LogP contribution in [0.4, 0.5) is 0 Å². The maximum absolute atomic E-state index is 11.9. The molecule has 1 amide bonds. The van der Waals surface area contributed by atoms with Crippen LogP contribution in [-0.2, 0) is 17.9 Å². The number of hydrogen-bond donors (Lipinski definition) is 1. The van der Waals surface area contributed by atoms with Crippen LogP contribution in [0.15, 0.2) is 28.4 Å². The molecule has 0 aliphatic heterocycles. The second-order valence-corrected chi connectivity index (χ2v) is 5.52. The molecule has 22 heavy (non-hydrogen) atoms. The second kappa shape index (κ2) is 7.13. The van der Waals surface area contributed by atoms with Gasteiger partial charge < -0.3 is 14.8 Å². The Hall–Kier alpha value is -2.28. The van der Waals surface area contributed by atoms with E-state index in [1.54, 1.807) is 38.7 Å². The van der Waals surface area contributed by atoms with Gasteiger partial charge in [0.05, 0.1) is 14.2 Å². The molecule has 0 saturated carbocycles. The van der Waals surface area contributed by atoms with E-state index in [4.69, 9.17) is 9.47 Å². The molecule has 118 valence electrons. The molecule has 1 aromatic heterocycles. The topological polar surface area (TPSA) is 69.6 Å². The van der Waals surface area contributed by atoms with E-state index < -0.39 is 0 Å². The van der Waals surface area contributed by atoms with Crippen LogP contribution in [0.3, 0.4) is 0 Å². The monoisotopic (exact) mass is 322 g/mol. The van der Waals surface area contributed by atoms with Crippen molar-refractivity contribution in [3.63, 3.8) is 0 Å². The molecule has 6 nitrogen and oxygen atoms in total. The number of carbonyl (C=O) groups excluding carboxylic acids is 1. The molecule has 0 aliphatic rings. The third-order valence-corrected chi connectivity index (χ3v) is 4.10. The largest absolute Gasteiger partial charge is 0.493 e. The van der Waals surface area contributed by atoms with Crippen molar-refractivity contribution in [2.24, 2.45) is 0 Å². The summed E-state index contributed by atoms with van der Waals surface area (Å²) >= 11 is 1.09. The number of benzene rings is 1. The minimum absolute atomic E-state index is 0.0292. The minimum atomic E-state index is -0.210. The molecular weight excluding hydrogens is 304 g/mol. The summed E-state index contributed by atoms with van der Waals surface area (Å²) in [6.07, 6.45) is 0. The summed E-state index contributed by atoms with van der Waals surface area (Å²) in [5.41, 5.74) is 1.68. The van der Waals surface area contributed by atoms with Gasteiger partial charge in [-0.15, -0.1) is 0 Å². The molecule has 0 spiro atoms. The molecule has 0 bridgehead atoms. The van der Waals surface area contributed by atoms with Gasteiger partial charge in [-0.05, 0) is 24.6 Å². The van der Waals surface area contributed by atoms with E-state index in [0.29, 0.717) is 18.0 Å². The number of aromatic nitrogens is 1. The van der Waals surface area contributed by atoms with Crippen molar-refractivity contribution in [3.8, 4) is 11.5 Å². The number of hydrogen-bond acceptors (Lipinski definition) is 5. The van der Waals surface area contributed by atoms with Gasteiger partial charge in [0.1, 0.15) is 6.54 Å². The van der Waals surface area contributed by atoms with Crippen LogP contribution in [0.2, 0.25) is 0 Å². The van der Waals surface area contributed by atoms with E-state index in [-0.39, 0.29) is 17.3 Å². The normalized spacial score (nSPS) is 10.3. The zero-order valence-electron chi connectivity index (χ0n) is 12.7. The van der Waals surface area contributed by atoms with E-state index >= 15 is 0 Å². The van der Waals surface area contributed by atoms with Gasteiger partial charge >= 0.3 is 4.87 Å². The van der Waals surface area contributed by atoms with Crippen molar-refractivity contribution in [2.45, 2.75) is 20.0 Å². The predicted molar refractivity (Wildman–Crippen MR) is 84.7 cm³/mol. The first kappa shape index (κ1) is 16.1. The summed E-state index contributed by atoms with van der Waals surface area (Å²) in [6.45, 7) is 2.19. The minimum Gasteiger partial charge on any atom is -0.493 e. The number of thiazole rings is 1. The highest BCUT2D eigenvalue weighted by atomic mass is 32.1. The van der Waals surface area contributed by atoms with Crippen LogP contribution in [0, 0.1) is 6.92 Å². The molecule has 0 unspecified atom stereocenters. The van der Waals surface area contributed by atoms with Gasteiger partial charge in [-0.1, -0.05) is 17.4 Å². The molecule has 0 saturated heterocycles. The number of aryl methyl sites for hydroxylation is 1. The predicted octanol–water partition coefficient (Wildman–Crippen LogP) is 1.55. The lowest BCUT2D eigenvalue weighted by atomic mass is 10.2. The standard InChI is InChI=1S/C15H18N2O4S/c1-10-9-22-15(19)17(10)8-14(18)16-7-11-4-5-12(20-2)13(6-11)21-3/h4-6,9H,7-8H2,1-3H3,(H,16,18). The molecule has 1 N–H and O–H groups in total. The summed E-state index contributed by atoms with van der Waals surface area (Å²) in [4.78, 5) is 23.4. The lowest BCUT2D eigenvalue weighted by molar-refractivity contribution is -0.121. The number of nitrogens with one attached hydrogen (secondary N) is 1. The number of amides is 1. The maximum Gasteiger partial charge on any atom is 0.307 e. The molecule has 2 aromatic rings. The molecule has 1 aromatic carbocycles. The number of methoxy groups -OCH3 is 2. The molecular formula is C15H18N2O4S. The third kappa shape index (κ3) is 3.67. The fourth-order valence-corrected chi connectivity index (χ4v) is 2.72. The van der Waals surface area contributed by atoms with Crippen LogP contribution in [0.5, 0.6) is 11.5 Å². The first-order chi connectivity index (χ1) is 10.5. The second-order valence-electron chi connectivity index (χ2n) is 4.70. The smallest absolute Gasteiger partial charge is 0.307 e. The summed E-state index contributed by atoms with van der Waals surface area (Å²) in [6, 6.07) is 5.44. The Kier molecular flexibility index (Phi) is 5.21. The number of carbonyl (C=O) groups is 1. The summed E-state index contributed by atoms with van der Waals surface area (Å²) < 4.78 is 11.8. The molecule has 1 heterocycles. The van der Waals surface area contributed by atoms with Crippen molar-refractivity contribution in [2.75, 3.05) is 14.2 Å². The highest BCUT2D eigenvalue weighted by molar-refractivity contribution is 7.07. The average Bonchev–Trinajstić information content (AvgIpc) is 2.84. The van der Waals surface area contributed by atoms with Gasteiger partial charge in [-0.3, -0.25) is 14.2 Å². The van der Waals surface area contributed by atoms with Crippen LogP contribution < -0.4 is 19.7 Å². The quantitative estimate of drug-likeness (QED) is 0.876. The van der Waals surface area contributed by atoms with Crippen LogP contribution in [0.1, 0.15) is 11.3 Å². The lowest BCUT2D eigenvalue weighted by Gasteiger charge is -2.10. The SMILES string of the molecule is COc1ccc(CNC(=O)Cn2c(C)csc2=O)cc1OC. The van der Waals surface area contributed by atoms with Crippen molar-refractivity contribution in [3.05, 3.63) is 44.5 Å². The van der Waals surface area contributed by atoms with Crippen molar-refractivity contribution < 1.29 is 14.3 Å². The Labute approximate surface area is 132 Å². The van der Waals surface area contributed by atoms with E-state index in [2.05, 4.69) is 5.32 Å². The Morgan fingerprint density at radius 2 is 2.00 bits per heavy atom. The summed E-state index contributed by atoms with van der Waals surface area (Å²) in [5, 5.41) is 4.53. The fraction of sp³-hybridized carbons (Fsp3) is 0.333. The van der Waals surface area contributed by atoms with Gasteiger partial charge in [0.2, 0.25) is 5.91 Å². The summed E-state index contributed by atoms with van der Waals surface area (Å²) in [7, 11) is 3.13. The van der Waals surface area contributed by atoms with E-state index in [1.807, 2.05) is 6.07 Å². The van der Waals surface area contributed by atoms with Gasteiger partial charge in [0.25, 0.3) is 0 Å².